The SMILES string of the molecule is O=c1oc2c(O)c(O)ccc2c2c(O)c(O)c(O)cc12.O=c1oc2c(O)c(O)ccc2c2c(O)cc(O)cc12.O=c1oc2c(O)c(O)ccc2c2cc(O)c(O)cc12.O=c1oc2cc(O)ccc2c2cc(O)c(O)cc12.O=c1oc2cc(O)ccc2c2ccc(O)cc12.O=c1oc2cc(O)ccc2c2ccccc12. The molecule has 0 aliphatic carbocycles. The van der Waals surface area contributed by atoms with E-state index >= 15 is 0 Å². The van der Waals surface area contributed by atoms with Crippen LogP contribution in [0.25, 0.3) is 130 Å². The van der Waals surface area contributed by atoms with Crippen LogP contribution in [0.15, 0.2) is 231 Å². The molecule has 0 aliphatic heterocycles. The molecule has 0 saturated heterocycles. The van der Waals surface area contributed by atoms with E-state index in [-0.39, 0.29) is 117 Å². The Morgan fingerprint density at radius 1 is 0.174 bits per heavy atom. The van der Waals surface area contributed by atoms with Gasteiger partial charge in [-0.3, -0.25) is 0 Å². The van der Waals surface area contributed by atoms with E-state index in [1.54, 1.807) is 42.5 Å². The molecule has 18 aromatic rings. The third-order valence-electron chi connectivity index (χ3n) is 17.0. The predicted molar refractivity (Wildman–Crippen MR) is 392 cm³/mol. The van der Waals surface area contributed by atoms with E-state index in [4.69, 9.17) is 26.5 Å². The molecule has 0 radical (unpaired) electrons. The summed E-state index contributed by atoms with van der Waals surface area (Å²) in [6, 6.07) is 41.1. The molecule has 19 N–H and O–H groups in total. The molecule has 546 valence electrons. The van der Waals surface area contributed by atoms with Gasteiger partial charge in [0.15, 0.2) is 68.5 Å². The van der Waals surface area contributed by atoms with Crippen LogP contribution >= 0.6 is 0 Å². The van der Waals surface area contributed by atoms with Crippen LogP contribution in [0.1, 0.15) is 0 Å². The van der Waals surface area contributed by atoms with Gasteiger partial charge in [0.1, 0.15) is 51.2 Å². The topological polar surface area (TPSA) is 566 Å². The number of aromatic hydroxyl groups is 19. The van der Waals surface area contributed by atoms with Crippen LogP contribution in [0, 0.1) is 0 Å². The van der Waals surface area contributed by atoms with Crippen molar-refractivity contribution in [1.82, 2.24) is 0 Å². The normalized spacial score (nSPS) is 11.1. The molecule has 0 fully saturated rings. The molecule has 0 bridgehead atoms. The van der Waals surface area contributed by atoms with Gasteiger partial charge in [0.2, 0.25) is 23.0 Å². The summed E-state index contributed by atoms with van der Waals surface area (Å²) in [5.41, 5.74) is -3.91. The zero-order valence-corrected chi connectivity index (χ0v) is 54.6. The maximum atomic E-state index is 11.8. The molecular formula is C78H48O31. The zero-order chi connectivity index (χ0) is 78.0. The molecule has 0 unspecified atom stereocenters. The molecule has 0 spiro atoms. The first-order valence-corrected chi connectivity index (χ1v) is 31.2. The number of rotatable bonds is 0. The minimum Gasteiger partial charge on any atom is -0.508 e. The van der Waals surface area contributed by atoms with Gasteiger partial charge in [-0.2, -0.15) is 0 Å². The Balaban J connectivity index is 0.000000115. The fraction of sp³-hybridized carbons (Fsp3) is 0. The van der Waals surface area contributed by atoms with E-state index in [1.807, 2.05) is 12.1 Å². The quantitative estimate of drug-likeness (QED) is 0.0381. The monoisotopic (exact) mass is 1480 g/mol. The Morgan fingerprint density at radius 3 is 0.945 bits per heavy atom. The summed E-state index contributed by atoms with van der Waals surface area (Å²) in [5.74, 6) is -7.34. The fourth-order valence-corrected chi connectivity index (χ4v) is 11.9. The van der Waals surface area contributed by atoms with Gasteiger partial charge in [0, 0.05) is 83.5 Å². The second-order valence-corrected chi connectivity index (χ2v) is 23.8. The van der Waals surface area contributed by atoms with Crippen molar-refractivity contribution in [2.24, 2.45) is 0 Å². The Bertz CT molecular complexity index is 7270. The molecule has 0 amide bonds. The Labute approximate surface area is 599 Å². The second-order valence-electron chi connectivity index (χ2n) is 23.8. The lowest BCUT2D eigenvalue weighted by atomic mass is 10.0. The maximum Gasteiger partial charge on any atom is 0.344 e. The fourth-order valence-electron chi connectivity index (χ4n) is 11.9. The van der Waals surface area contributed by atoms with Gasteiger partial charge in [-0.25, -0.2) is 28.8 Å². The molecule has 12 aromatic carbocycles. The lowest BCUT2D eigenvalue weighted by Crippen LogP contribution is -2.00. The van der Waals surface area contributed by atoms with Crippen LogP contribution in [0.4, 0.5) is 0 Å². The highest BCUT2D eigenvalue weighted by molar-refractivity contribution is 6.13. The first-order chi connectivity index (χ1) is 51.8. The lowest BCUT2D eigenvalue weighted by molar-refractivity contribution is 0.371. The van der Waals surface area contributed by atoms with Gasteiger partial charge in [-0.05, 0) is 139 Å². The summed E-state index contributed by atoms with van der Waals surface area (Å²) in [7, 11) is 0. The molecule has 0 aliphatic rings. The van der Waals surface area contributed by atoms with E-state index in [1.165, 1.54) is 84.9 Å². The first-order valence-electron chi connectivity index (χ1n) is 31.2. The summed E-state index contributed by atoms with van der Waals surface area (Å²) in [5, 5.41) is 186. The van der Waals surface area contributed by atoms with Crippen molar-refractivity contribution < 1.29 is 124 Å². The highest BCUT2D eigenvalue weighted by Crippen LogP contribution is 2.47. The minimum atomic E-state index is -0.945. The van der Waals surface area contributed by atoms with Gasteiger partial charge in [0.25, 0.3) is 0 Å². The van der Waals surface area contributed by atoms with E-state index in [0.717, 1.165) is 52.6 Å². The van der Waals surface area contributed by atoms with Gasteiger partial charge in [0.05, 0.1) is 32.3 Å². The second kappa shape index (κ2) is 27.5. The van der Waals surface area contributed by atoms with Crippen molar-refractivity contribution >= 4 is 130 Å². The number of fused-ring (bicyclic) bond motifs is 18. The number of hydrogen-bond acceptors (Lipinski definition) is 31. The zero-order valence-electron chi connectivity index (χ0n) is 54.6. The number of benzene rings is 12. The summed E-state index contributed by atoms with van der Waals surface area (Å²) >= 11 is 0. The molecule has 6 heterocycles. The van der Waals surface area contributed by atoms with E-state index in [2.05, 4.69) is 0 Å². The minimum absolute atomic E-state index is 0.0166. The average Bonchev–Trinajstić information content (AvgIpc) is 0.755. The molecule has 0 atom stereocenters. The third-order valence-corrected chi connectivity index (χ3v) is 17.0. The predicted octanol–water partition coefficient (Wildman–Crippen LogP) is 12.1. The molecule has 18 rings (SSSR count). The standard InChI is InChI=1S/C13H8O7.2C13H8O6.C13H8O5.C13H8O4.C13H8O3/c14-6-2-1-4-8-5(3-7(15)9(16)11(8)18)13(19)20-12(4)10(6)17;14-5-3-7-10(9(16)4-5)6-1-2-8(15)11(17)12(6)19-13(7)18;14-8-2-1-5-6-3-9(15)10(16)4-7(6)13(18)19-12(5)11(8)17;14-6-1-2-7-8-4-10(15)11(16)5-9(8)13(17)18-12(7)3-6;14-7-1-3-9-10-4-2-8(15)6-12(10)17-13(16)11(9)5-7;14-8-5-6-10-9-3-1-2-4-11(9)13(15)16-12(10)7-8/h1-3,14-18H;2*1-4,14-17H;1-5,14-16H;1-6,14-15H;1-7,14H. The van der Waals surface area contributed by atoms with Gasteiger partial charge >= 0.3 is 33.8 Å². The van der Waals surface area contributed by atoms with Crippen molar-refractivity contribution in [2.75, 3.05) is 0 Å². The van der Waals surface area contributed by atoms with Gasteiger partial charge in [-0.15, -0.1) is 0 Å². The highest BCUT2D eigenvalue weighted by atomic mass is 16.4. The molecular weight excluding hydrogens is 1430 g/mol. The summed E-state index contributed by atoms with van der Waals surface area (Å²) in [4.78, 5) is 70.4. The molecule has 31 nitrogen and oxygen atoms in total. The van der Waals surface area contributed by atoms with Crippen LogP contribution in [0.2, 0.25) is 0 Å². The average molecular weight is 1480 g/mol. The van der Waals surface area contributed by atoms with Crippen LogP contribution in [-0.2, 0) is 0 Å². The maximum absolute atomic E-state index is 11.8. The molecule has 0 saturated carbocycles. The van der Waals surface area contributed by atoms with Crippen LogP contribution in [0.5, 0.6) is 109 Å². The van der Waals surface area contributed by atoms with Crippen molar-refractivity contribution in [3.8, 4) is 109 Å². The highest BCUT2D eigenvalue weighted by Gasteiger charge is 2.23. The van der Waals surface area contributed by atoms with Gasteiger partial charge in [-0.1, -0.05) is 18.2 Å². The molecule has 6 aromatic heterocycles. The molecule has 31 heteroatoms. The van der Waals surface area contributed by atoms with Crippen LogP contribution in [0.3, 0.4) is 0 Å². The third kappa shape index (κ3) is 13.0. The van der Waals surface area contributed by atoms with Crippen molar-refractivity contribution in [1.29, 1.82) is 0 Å². The first kappa shape index (κ1) is 71.1. The van der Waals surface area contributed by atoms with E-state index < -0.39 is 91.4 Å². The van der Waals surface area contributed by atoms with Crippen molar-refractivity contribution in [3.63, 3.8) is 0 Å². The van der Waals surface area contributed by atoms with Crippen molar-refractivity contribution in [2.45, 2.75) is 0 Å². The summed E-state index contributed by atoms with van der Waals surface area (Å²) in [6.07, 6.45) is 0. The van der Waals surface area contributed by atoms with Crippen LogP contribution in [-0.4, -0.2) is 97.0 Å². The summed E-state index contributed by atoms with van der Waals surface area (Å²) < 4.78 is 30.0. The molecule has 109 heavy (non-hydrogen) atoms. The number of phenols is 19. The number of hydrogen-bond donors (Lipinski definition) is 19. The Morgan fingerprint density at radius 2 is 0.477 bits per heavy atom. The van der Waals surface area contributed by atoms with Crippen LogP contribution < -0.4 is 33.8 Å². The Hall–Kier alpha value is -16.3. The van der Waals surface area contributed by atoms with E-state index in [0.29, 0.717) is 48.9 Å². The Kier molecular flexibility index (Phi) is 17.9. The van der Waals surface area contributed by atoms with E-state index in [9.17, 15) is 126 Å². The largest absolute Gasteiger partial charge is 0.508 e. The lowest BCUT2D eigenvalue weighted by Gasteiger charge is -2.08. The number of phenolic OH excluding ortho intramolecular Hbond substituents is 19. The van der Waals surface area contributed by atoms with Gasteiger partial charge < -0.3 is 124 Å². The van der Waals surface area contributed by atoms with Crippen molar-refractivity contribution in [3.05, 3.63) is 238 Å². The summed E-state index contributed by atoms with van der Waals surface area (Å²) in [6.45, 7) is 0. The smallest absolute Gasteiger partial charge is 0.344 e.